The summed E-state index contributed by atoms with van der Waals surface area (Å²) in [6, 6.07) is 12.4. The summed E-state index contributed by atoms with van der Waals surface area (Å²) in [6.07, 6.45) is 6.58. The van der Waals surface area contributed by atoms with E-state index in [1.807, 2.05) is 0 Å². The number of esters is 1. The van der Waals surface area contributed by atoms with Crippen molar-refractivity contribution in [3.63, 3.8) is 0 Å². The number of amides is 2. The minimum Gasteiger partial charge on any atom is -0.452 e. The highest BCUT2D eigenvalue weighted by molar-refractivity contribution is 6.04. The molecule has 0 atom stereocenters. The van der Waals surface area contributed by atoms with Gasteiger partial charge < -0.3 is 20.1 Å². The third-order valence-corrected chi connectivity index (χ3v) is 5.00. The predicted molar refractivity (Wildman–Crippen MR) is 118 cm³/mol. The molecule has 0 bridgehead atoms. The predicted octanol–water partition coefficient (Wildman–Crippen LogP) is 4.16. The third kappa shape index (κ3) is 7.71. The minimum atomic E-state index is -2.92. The van der Waals surface area contributed by atoms with Gasteiger partial charge in [-0.2, -0.15) is 8.78 Å². The average Bonchev–Trinajstić information content (AvgIpc) is 3.30. The highest BCUT2D eigenvalue weighted by Crippen LogP contribution is 2.20. The number of para-hydroxylation sites is 1. The Morgan fingerprint density at radius 3 is 2.42 bits per heavy atom. The highest BCUT2D eigenvalue weighted by atomic mass is 19.3. The van der Waals surface area contributed by atoms with Gasteiger partial charge in [0.05, 0.1) is 11.3 Å². The Kier molecular flexibility index (Phi) is 8.51. The first-order chi connectivity index (χ1) is 15.9. The van der Waals surface area contributed by atoms with E-state index in [4.69, 9.17) is 4.74 Å². The zero-order chi connectivity index (χ0) is 23.6. The van der Waals surface area contributed by atoms with Crippen LogP contribution in [0.2, 0.25) is 0 Å². The first-order valence-corrected chi connectivity index (χ1v) is 10.5. The topological polar surface area (TPSA) is 93.7 Å². The maximum atomic E-state index is 12.6. The molecule has 1 fully saturated rings. The summed E-state index contributed by atoms with van der Waals surface area (Å²) in [5.41, 5.74) is 1.22. The molecule has 9 heteroatoms. The summed E-state index contributed by atoms with van der Waals surface area (Å²) in [7, 11) is 0. The van der Waals surface area contributed by atoms with Crippen LogP contribution in [0.4, 0.5) is 14.5 Å². The van der Waals surface area contributed by atoms with Crippen molar-refractivity contribution in [3.05, 3.63) is 65.7 Å². The first kappa shape index (κ1) is 23.9. The van der Waals surface area contributed by atoms with Crippen LogP contribution in [0.25, 0.3) is 6.08 Å². The second-order valence-electron chi connectivity index (χ2n) is 7.44. The maximum Gasteiger partial charge on any atom is 0.387 e. The fourth-order valence-corrected chi connectivity index (χ4v) is 3.42. The number of alkyl halides is 2. The van der Waals surface area contributed by atoms with Gasteiger partial charge in [-0.05, 0) is 48.7 Å². The molecule has 1 aliphatic rings. The van der Waals surface area contributed by atoms with Crippen molar-refractivity contribution >= 4 is 29.5 Å². The fraction of sp³-hybridized carbons (Fsp3) is 0.292. The molecule has 2 amide bonds. The molecule has 2 aromatic carbocycles. The van der Waals surface area contributed by atoms with Crippen molar-refractivity contribution in [2.45, 2.75) is 38.3 Å². The SMILES string of the molecule is O=C(COC(=O)C=Cc1ccc(OC(F)F)cc1)Nc1ccccc1C(=O)NC1CCCC1. The molecule has 0 radical (unpaired) electrons. The minimum absolute atomic E-state index is 0.00129. The number of ether oxygens (including phenoxy) is 2. The van der Waals surface area contributed by atoms with E-state index >= 15 is 0 Å². The van der Waals surface area contributed by atoms with Crippen LogP contribution in [-0.4, -0.2) is 37.0 Å². The second-order valence-corrected chi connectivity index (χ2v) is 7.44. The van der Waals surface area contributed by atoms with Crippen molar-refractivity contribution in [3.8, 4) is 5.75 Å². The van der Waals surface area contributed by atoms with Gasteiger partial charge in [0.15, 0.2) is 6.61 Å². The molecule has 0 aromatic heterocycles. The van der Waals surface area contributed by atoms with E-state index in [9.17, 15) is 23.2 Å². The number of anilines is 1. The number of halogens is 2. The summed E-state index contributed by atoms with van der Waals surface area (Å²) in [4.78, 5) is 36.7. The van der Waals surface area contributed by atoms with Gasteiger partial charge in [-0.25, -0.2) is 4.79 Å². The molecule has 0 saturated heterocycles. The van der Waals surface area contributed by atoms with Crippen molar-refractivity contribution in [2.24, 2.45) is 0 Å². The van der Waals surface area contributed by atoms with Crippen LogP contribution in [0.15, 0.2) is 54.6 Å². The summed E-state index contributed by atoms with van der Waals surface area (Å²) in [6.45, 7) is -3.45. The van der Waals surface area contributed by atoms with Gasteiger partial charge in [0, 0.05) is 12.1 Å². The number of hydrogen-bond acceptors (Lipinski definition) is 5. The second kappa shape index (κ2) is 11.8. The molecular weight excluding hydrogens is 434 g/mol. The zero-order valence-electron chi connectivity index (χ0n) is 17.8. The lowest BCUT2D eigenvalue weighted by Gasteiger charge is -2.15. The van der Waals surface area contributed by atoms with Crippen molar-refractivity contribution in [2.75, 3.05) is 11.9 Å². The average molecular weight is 458 g/mol. The zero-order valence-corrected chi connectivity index (χ0v) is 17.8. The lowest BCUT2D eigenvalue weighted by Crippen LogP contribution is -2.33. The first-order valence-electron chi connectivity index (χ1n) is 10.5. The molecule has 0 unspecified atom stereocenters. The van der Waals surface area contributed by atoms with Crippen LogP contribution in [0.5, 0.6) is 5.75 Å². The van der Waals surface area contributed by atoms with Gasteiger partial charge in [-0.3, -0.25) is 9.59 Å². The normalized spacial score (nSPS) is 13.8. The van der Waals surface area contributed by atoms with E-state index < -0.39 is 25.1 Å². The number of nitrogens with one attached hydrogen (secondary N) is 2. The molecule has 2 N–H and O–H groups in total. The van der Waals surface area contributed by atoms with Gasteiger partial charge in [0.25, 0.3) is 11.8 Å². The molecule has 1 aliphatic carbocycles. The molecule has 33 heavy (non-hydrogen) atoms. The van der Waals surface area contributed by atoms with E-state index in [1.165, 1.54) is 30.3 Å². The molecule has 3 rings (SSSR count). The quantitative estimate of drug-likeness (QED) is 0.435. The molecule has 0 spiro atoms. The number of rotatable bonds is 9. The number of hydrogen-bond donors (Lipinski definition) is 2. The summed E-state index contributed by atoms with van der Waals surface area (Å²) < 4.78 is 33.5. The highest BCUT2D eigenvalue weighted by Gasteiger charge is 2.20. The molecule has 0 heterocycles. The monoisotopic (exact) mass is 458 g/mol. The maximum absolute atomic E-state index is 12.6. The van der Waals surface area contributed by atoms with Crippen LogP contribution in [0, 0.1) is 0 Å². The number of carbonyl (C=O) groups excluding carboxylic acids is 3. The van der Waals surface area contributed by atoms with Gasteiger partial charge in [0.2, 0.25) is 0 Å². The van der Waals surface area contributed by atoms with Gasteiger partial charge in [-0.15, -0.1) is 0 Å². The Balaban J connectivity index is 1.48. The standard InChI is InChI=1S/C24H24F2N2O5/c25-24(26)33-18-12-9-16(10-13-18)11-14-22(30)32-15-21(29)28-20-8-4-3-7-19(20)23(31)27-17-5-1-2-6-17/h3-4,7-14,17,24H,1-2,5-6,15H2,(H,27,31)(H,28,29). The van der Waals surface area contributed by atoms with Gasteiger partial charge >= 0.3 is 12.6 Å². The van der Waals surface area contributed by atoms with Crippen LogP contribution in [0.3, 0.4) is 0 Å². The van der Waals surface area contributed by atoms with Crippen molar-refractivity contribution < 1.29 is 32.6 Å². The Labute approximate surface area is 189 Å². The lowest BCUT2D eigenvalue weighted by atomic mass is 10.1. The Morgan fingerprint density at radius 1 is 1.03 bits per heavy atom. The van der Waals surface area contributed by atoms with E-state index in [2.05, 4.69) is 15.4 Å². The Bertz CT molecular complexity index is 1000. The van der Waals surface area contributed by atoms with Crippen molar-refractivity contribution in [1.29, 1.82) is 0 Å². The number of carbonyl (C=O) groups is 3. The Morgan fingerprint density at radius 2 is 1.73 bits per heavy atom. The molecule has 1 saturated carbocycles. The lowest BCUT2D eigenvalue weighted by molar-refractivity contribution is -0.142. The summed E-state index contributed by atoms with van der Waals surface area (Å²) >= 11 is 0. The largest absolute Gasteiger partial charge is 0.452 e. The van der Waals surface area contributed by atoms with E-state index in [-0.39, 0.29) is 17.7 Å². The van der Waals surface area contributed by atoms with Crippen LogP contribution in [0.1, 0.15) is 41.6 Å². The van der Waals surface area contributed by atoms with Gasteiger partial charge in [-0.1, -0.05) is 37.1 Å². The molecule has 0 aliphatic heterocycles. The van der Waals surface area contributed by atoms with Gasteiger partial charge in [0.1, 0.15) is 5.75 Å². The summed E-state index contributed by atoms with van der Waals surface area (Å²) in [5.74, 6) is -1.61. The molecular formula is C24H24F2N2O5. The van der Waals surface area contributed by atoms with Crippen LogP contribution in [-0.2, 0) is 14.3 Å². The number of benzene rings is 2. The molecule has 174 valence electrons. The van der Waals surface area contributed by atoms with E-state index in [0.29, 0.717) is 16.8 Å². The van der Waals surface area contributed by atoms with E-state index in [0.717, 1.165) is 31.8 Å². The smallest absolute Gasteiger partial charge is 0.387 e. The molecule has 7 nitrogen and oxygen atoms in total. The fourth-order valence-electron chi connectivity index (χ4n) is 3.42. The van der Waals surface area contributed by atoms with Crippen LogP contribution >= 0.6 is 0 Å². The Hall–Kier alpha value is -3.75. The van der Waals surface area contributed by atoms with Crippen molar-refractivity contribution in [1.82, 2.24) is 5.32 Å². The summed E-state index contributed by atoms with van der Waals surface area (Å²) in [5, 5.41) is 5.57. The van der Waals surface area contributed by atoms with Crippen LogP contribution < -0.4 is 15.4 Å². The third-order valence-electron chi connectivity index (χ3n) is 5.00. The van der Waals surface area contributed by atoms with E-state index in [1.54, 1.807) is 24.3 Å². The molecule has 2 aromatic rings.